The fourth-order valence-corrected chi connectivity index (χ4v) is 1.57. The Morgan fingerprint density at radius 3 is 1.92 bits per heavy atom. The van der Waals surface area contributed by atoms with E-state index >= 15 is 0 Å². The second-order valence-electron chi connectivity index (χ2n) is 4.34. The Hall–Kier alpha value is -0.570. The van der Waals surface area contributed by atoms with E-state index in [4.69, 9.17) is 10.2 Å². The summed E-state index contributed by atoms with van der Waals surface area (Å²) in [6.45, 7) is 7.30. The van der Waals surface area contributed by atoms with Crippen molar-refractivity contribution in [3.05, 3.63) is 0 Å². The molecule has 2 atom stereocenters. The highest BCUT2D eigenvalue weighted by molar-refractivity contribution is 5.71. The topological polar surface area (TPSA) is 57.5 Å². The average molecular weight is 174 g/mol. The van der Waals surface area contributed by atoms with E-state index in [2.05, 4.69) is 0 Å². The Kier molecular flexibility index (Phi) is 3.71. The molecule has 0 heterocycles. The monoisotopic (exact) mass is 174 g/mol. The maximum absolute atomic E-state index is 10.8. The number of hydrogen-bond acceptors (Lipinski definition) is 2. The van der Waals surface area contributed by atoms with Crippen molar-refractivity contribution < 1.29 is 15.0 Å². The first-order valence-corrected chi connectivity index (χ1v) is 4.14. The van der Waals surface area contributed by atoms with Crippen LogP contribution in [0.1, 0.15) is 27.7 Å². The standard InChI is InChI=1S/C9H18O3/c1-6(5-10)7(8(11)12)9(2,3)4/h6-7,10H,5H2,1-4H3,(H,11,12)/t6?,7-/m1/s1. The summed E-state index contributed by atoms with van der Waals surface area (Å²) in [5.74, 6) is -1.51. The minimum Gasteiger partial charge on any atom is -0.481 e. The van der Waals surface area contributed by atoms with Gasteiger partial charge in [-0.05, 0) is 11.3 Å². The van der Waals surface area contributed by atoms with Crippen LogP contribution in [-0.4, -0.2) is 22.8 Å². The van der Waals surface area contributed by atoms with Crippen molar-refractivity contribution in [1.82, 2.24) is 0 Å². The molecule has 0 aromatic rings. The highest BCUT2D eigenvalue weighted by Gasteiger charge is 2.35. The molecule has 0 spiro atoms. The van der Waals surface area contributed by atoms with Crippen molar-refractivity contribution in [2.45, 2.75) is 27.7 Å². The first-order chi connectivity index (χ1) is 5.30. The van der Waals surface area contributed by atoms with Gasteiger partial charge in [0, 0.05) is 6.61 Å². The number of carboxylic acids is 1. The number of carbonyl (C=O) groups is 1. The highest BCUT2D eigenvalue weighted by atomic mass is 16.4. The zero-order valence-electron chi connectivity index (χ0n) is 8.16. The van der Waals surface area contributed by atoms with Gasteiger partial charge in [0.1, 0.15) is 0 Å². The van der Waals surface area contributed by atoms with Crippen LogP contribution in [0.4, 0.5) is 0 Å². The van der Waals surface area contributed by atoms with Gasteiger partial charge in [0.2, 0.25) is 0 Å². The molecule has 3 heteroatoms. The molecular weight excluding hydrogens is 156 g/mol. The van der Waals surface area contributed by atoms with E-state index in [-0.39, 0.29) is 17.9 Å². The van der Waals surface area contributed by atoms with Crippen LogP contribution in [0, 0.1) is 17.3 Å². The summed E-state index contributed by atoms with van der Waals surface area (Å²) in [5, 5.41) is 17.8. The van der Waals surface area contributed by atoms with Gasteiger partial charge < -0.3 is 10.2 Å². The zero-order chi connectivity index (χ0) is 9.94. The van der Waals surface area contributed by atoms with E-state index in [1.165, 1.54) is 0 Å². The summed E-state index contributed by atoms with van der Waals surface area (Å²) in [6, 6.07) is 0. The fourth-order valence-electron chi connectivity index (χ4n) is 1.57. The molecule has 0 fully saturated rings. The molecule has 0 aromatic heterocycles. The molecule has 0 rings (SSSR count). The maximum atomic E-state index is 10.8. The number of rotatable bonds is 3. The van der Waals surface area contributed by atoms with Crippen LogP contribution < -0.4 is 0 Å². The second-order valence-corrected chi connectivity index (χ2v) is 4.34. The molecule has 1 unspecified atom stereocenters. The molecule has 0 saturated heterocycles. The lowest BCUT2D eigenvalue weighted by molar-refractivity contribution is -0.148. The molecule has 0 radical (unpaired) electrons. The second kappa shape index (κ2) is 3.90. The van der Waals surface area contributed by atoms with E-state index in [0.29, 0.717) is 0 Å². The molecule has 12 heavy (non-hydrogen) atoms. The van der Waals surface area contributed by atoms with E-state index in [1.54, 1.807) is 6.92 Å². The molecule has 0 aliphatic carbocycles. The van der Waals surface area contributed by atoms with Gasteiger partial charge >= 0.3 is 5.97 Å². The number of aliphatic hydroxyl groups excluding tert-OH is 1. The van der Waals surface area contributed by atoms with Gasteiger partial charge in [0.15, 0.2) is 0 Å². The summed E-state index contributed by atoms with van der Waals surface area (Å²) in [7, 11) is 0. The third kappa shape index (κ3) is 2.81. The molecule has 0 aromatic carbocycles. The van der Waals surface area contributed by atoms with E-state index in [9.17, 15) is 4.79 Å². The van der Waals surface area contributed by atoms with Gasteiger partial charge in [0.25, 0.3) is 0 Å². The van der Waals surface area contributed by atoms with Crippen molar-refractivity contribution in [3.63, 3.8) is 0 Å². The Labute approximate surface area is 73.4 Å². The number of hydrogen-bond donors (Lipinski definition) is 2. The SMILES string of the molecule is CC(CO)[C@H](C(=O)O)C(C)(C)C. The Bertz CT molecular complexity index is 158. The summed E-state index contributed by atoms with van der Waals surface area (Å²) in [4.78, 5) is 10.8. The molecule has 3 nitrogen and oxygen atoms in total. The van der Waals surface area contributed by atoms with Crippen LogP contribution in [-0.2, 0) is 4.79 Å². The van der Waals surface area contributed by atoms with Crippen LogP contribution in [0.15, 0.2) is 0 Å². The van der Waals surface area contributed by atoms with Gasteiger partial charge in [-0.1, -0.05) is 27.7 Å². The van der Waals surface area contributed by atoms with Crippen LogP contribution in [0.5, 0.6) is 0 Å². The highest BCUT2D eigenvalue weighted by Crippen LogP contribution is 2.31. The molecule has 0 saturated carbocycles. The normalized spacial score (nSPS) is 17.1. The van der Waals surface area contributed by atoms with Crippen LogP contribution >= 0.6 is 0 Å². The van der Waals surface area contributed by atoms with Crippen LogP contribution in [0.2, 0.25) is 0 Å². The molecule has 0 aliphatic heterocycles. The zero-order valence-corrected chi connectivity index (χ0v) is 8.16. The molecule has 0 aliphatic rings. The van der Waals surface area contributed by atoms with Crippen LogP contribution in [0.3, 0.4) is 0 Å². The van der Waals surface area contributed by atoms with Gasteiger partial charge in [-0.15, -0.1) is 0 Å². The predicted molar refractivity (Wildman–Crippen MR) is 46.8 cm³/mol. The van der Waals surface area contributed by atoms with Crippen LogP contribution in [0.25, 0.3) is 0 Å². The lowest BCUT2D eigenvalue weighted by atomic mass is 9.74. The number of aliphatic carboxylic acids is 1. The minimum absolute atomic E-state index is 0.0752. The van der Waals surface area contributed by atoms with Crippen molar-refractivity contribution in [3.8, 4) is 0 Å². The minimum atomic E-state index is -0.830. The summed E-state index contributed by atoms with van der Waals surface area (Å²) < 4.78 is 0. The quantitative estimate of drug-likeness (QED) is 0.679. The van der Waals surface area contributed by atoms with Gasteiger partial charge in [0.05, 0.1) is 5.92 Å². The van der Waals surface area contributed by atoms with Crippen molar-refractivity contribution >= 4 is 5.97 Å². The van der Waals surface area contributed by atoms with E-state index in [1.807, 2.05) is 20.8 Å². The largest absolute Gasteiger partial charge is 0.481 e. The molecule has 0 bridgehead atoms. The predicted octanol–water partition coefficient (Wildman–Crippen LogP) is 1.36. The molecule has 2 N–H and O–H groups in total. The van der Waals surface area contributed by atoms with Crippen molar-refractivity contribution in [2.75, 3.05) is 6.61 Å². The number of aliphatic hydroxyl groups is 1. The lowest BCUT2D eigenvalue weighted by Gasteiger charge is -2.30. The Morgan fingerprint density at radius 1 is 1.42 bits per heavy atom. The van der Waals surface area contributed by atoms with Crippen molar-refractivity contribution in [2.24, 2.45) is 17.3 Å². The van der Waals surface area contributed by atoms with Crippen molar-refractivity contribution in [1.29, 1.82) is 0 Å². The lowest BCUT2D eigenvalue weighted by Crippen LogP contribution is -2.35. The third-order valence-corrected chi connectivity index (χ3v) is 2.06. The summed E-state index contributed by atoms with van der Waals surface area (Å²) in [5.41, 5.74) is -0.298. The van der Waals surface area contributed by atoms with Gasteiger partial charge in [-0.25, -0.2) is 0 Å². The van der Waals surface area contributed by atoms with Gasteiger partial charge in [-0.3, -0.25) is 4.79 Å². The Morgan fingerprint density at radius 2 is 1.83 bits per heavy atom. The Balaban J connectivity index is 4.56. The maximum Gasteiger partial charge on any atom is 0.307 e. The summed E-state index contributed by atoms with van der Waals surface area (Å²) in [6.07, 6.45) is 0. The van der Waals surface area contributed by atoms with E-state index < -0.39 is 11.9 Å². The fraction of sp³-hybridized carbons (Fsp3) is 0.889. The average Bonchev–Trinajstić information content (AvgIpc) is 1.83. The molecular formula is C9H18O3. The third-order valence-electron chi connectivity index (χ3n) is 2.06. The summed E-state index contributed by atoms with van der Waals surface area (Å²) >= 11 is 0. The first kappa shape index (κ1) is 11.4. The smallest absolute Gasteiger partial charge is 0.307 e. The number of carboxylic acid groups (broad SMARTS) is 1. The first-order valence-electron chi connectivity index (χ1n) is 4.14. The van der Waals surface area contributed by atoms with Gasteiger partial charge in [-0.2, -0.15) is 0 Å². The van der Waals surface area contributed by atoms with E-state index in [0.717, 1.165) is 0 Å². The molecule has 72 valence electrons. The molecule has 0 amide bonds.